The van der Waals surface area contributed by atoms with Crippen molar-refractivity contribution in [2.75, 3.05) is 38.5 Å². The highest BCUT2D eigenvalue weighted by molar-refractivity contribution is 7.89. The van der Waals surface area contributed by atoms with Gasteiger partial charge in [0.05, 0.1) is 4.90 Å². The van der Waals surface area contributed by atoms with Crippen LogP contribution in [0.5, 0.6) is 0 Å². The van der Waals surface area contributed by atoms with Crippen molar-refractivity contribution >= 4 is 15.8 Å². The summed E-state index contributed by atoms with van der Waals surface area (Å²) < 4.78 is 26.7. The zero-order valence-electron chi connectivity index (χ0n) is 11.7. The standard InChI is InChI=1S/C12H22N4O2S/c1-4-13-12-10-11(6-7-14-12)19(17,18)15-8-9-16(3)5-2/h6-7,10,15H,4-5,8-9H2,1-3H3,(H,13,14). The second-order valence-electron chi connectivity index (χ2n) is 4.20. The minimum atomic E-state index is -3.46. The lowest BCUT2D eigenvalue weighted by Gasteiger charge is -2.14. The smallest absolute Gasteiger partial charge is 0.240 e. The molecule has 0 saturated carbocycles. The molecule has 6 nitrogen and oxygen atoms in total. The number of pyridine rings is 1. The summed E-state index contributed by atoms with van der Waals surface area (Å²) in [6.07, 6.45) is 1.49. The molecule has 108 valence electrons. The fraction of sp³-hybridized carbons (Fsp3) is 0.583. The van der Waals surface area contributed by atoms with Crippen molar-refractivity contribution in [3.63, 3.8) is 0 Å². The second kappa shape index (κ2) is 7.42. The number of hydrogen-bond donors (Lipinski definition) is 2. The quantitative estimate of drug-likeness (QED) is 0.737. The lowest BCUT2D eigenvalue weighted by molar-refractivity contribution is 0.358. The molecule has 2 N–H and O–H groups in total. The minimum absolute atomic E-state index is 0.234. The van der Waals surface area contributed by atoms with Crippen molar-refractivity contribution < 1.29 is 8.42 Å². The van der Waals surface area contributed by atoms with E-state index in [1.54, 1.807) is 0 Å². The molecule has 1 rings (SSSR count). The number of nitrogens with zero attached hydrogens (tertiary/aromatic N) is 2. The fourth-order valence-electron chi connectivity index (χ4n) is 1.47. The summed E-state index contributed by atoms with van der Waals surface area (Å²) in [7, 11) is -1.51. The monoisotopic (exact) mass is 286 g/mol. The third-order valence-electron chi connectivity index (χ3n) is 2.73. The predicted octanol–water partition coefficient (Wildman–Crippen LogP) is 0.743. The van der Waals surface area contributed by atoms with Gasteiger partial charge in [-0.3, -0.25) is 0 Å². The summed E-state index contributed by atoms with van der Waals surface area (Å²) in [6.45, 7) is 6.63. The third-order valence-corrected chi connectivity index (χ3v) is 4.18. The van der Waals surface area contributed by atoms with Gasteiger partial charge >= 0.3 is 0 Å². The summed E-state index contributed by atoms with van der Waals surface area (Å²) in [6, 6.07) is 3.03. The van der Waals surface area contributed by atoms with E-state index in [1.807, 2.05) is 25.8 Å². The van der Waals surface area contributed by atoms with E-state index in [2.05, 4.69) is 15.0 Å². The third kappa shape index (κ3) is 5.14. The number of hydrogen-bond acceptors (Lipinski definition) is 5. The molecule has 1 aromatic heterocycles. The van der Waals surface area contributed by atoms with Crippen LogP contribution in [0.15, 0.2) is 23.2 Å². The zero-order chi connectivity index (χ0) is 14.3. The van der Waals surface area contributed by atoms with Crippen LogP contribution in [0.3, 0.4) is 0 Å². The Kier molecular flexibility index (Phi) is 6.20. The van der Waals surface area contributed by atoms with Crippen LogP contribution in [-0.4, -0.2) is 51.5 Å². The average molecular weight is 286 g/mol. The van der Waals surface area contributed by atoms with Gasteiger partial charge in [0.15, 0.2) is 0 Å². The first-order chi connectivity index (χ1) is 8.99. The minimum Gasteiger partial charge on any atom is -0.370 e. The van der Waals surface area contributed by atoms with Gasteiger partial charge in [-0.05, 0) is 26.6 Å². The first-order valence-corrected chi connectivity index (χ1v) is 7.86. The van der Waals surface area contributed by atoms with Gasteiger partial charge in [-0.1, -0.05) is 6.92 Å². The molecule has 0 amide bonds. The van der Waals surface area contributed by atoms with E-state index in [-0.39, 0.29) is 4.90 Å². The number of likely N-dealkylation sites (N-methyl/N-ethyl adjacent to an activating group) is 1. The highest BCUT2D eigenvalue weighted by Crippen LogP contribution is 2.12. The van der Waals surface area contributed by atoms with Gasteiger partial charge in [0.25, 0.3) is 0 Å². The average Bonchev–Trinajstić information content (AvgIpc) is 2.39. The maximum atomic E-state index is 12.1. The van der Waals surface area contributed by atoms with Crippen molar-refractivity contribution in [3.05, 3.63) is 18.3 Å². The molecule has 19 heavy (non-hydrogen) atoms. The molecule has 0 aromatic carbocycles. The molecule has 0 saturated heterocycles. The first kappa shape index (κ1) is 15.9. The van der Waals surface area contributed by atoms with Gasteiger partial charge in [0.2, 0.25) is 10.0 Å². The molecular weight excluding hydrogens is 264 g/mol. The van der Waals surface area contributed by atoms with Crippen LogP contribution >= 0.6 is 0 Å². The number of sulfonamides is 1. The highest BCUT2D eigenvalue weighted by Gasteiger charge is 2.14. The normalized spacial score (nSPS) is 11.8. The van der Waals surface area contributed by atoms with E-state index in [0.717, 1.165) is 6.54 Å². The zero-order valence-corrected chi connectivity index (χ0v) is 12.5. The van der Waals surface area contributed by atoms with E-state index >= 15 is 0 Å². The van der Waals surface area contributed by atoms with Crippen LogP contribution in [0.25, 0.3) is 0 Å². The number of nitrogens with one attached hydrogen (secondary N) is 2. The van der Waals surface area contributed by atoms with Crippen molar-refractivity contribution in [2.24, 2.45) is 0 Å². The Morgan fingerprint density at radius 3 is 2.74 bits per heavy atom. The summed E-state index contributed by atoms with van der Waals surface area (Å²) >= 11 is 0. The molecule has 0 fully saturated rings. The van der Waals surface area contributed by atoms with Crippen LogP contribution in [0.1, 0.15) is 13.8 Å². The fourth-order valence-corrected chi connectivity index (χ4v) is 2.50. The molecule has 0 atom stereocenters. The van der Waals surface area contributed by atoms with Crippen LogP contribution in [0.2, 0.25) is 0 Å². The van der Waals surface area contributed by atoms with E-state index < -0.39 is 10.0 Å². The molecule has 1 aromatic rings. The molecule has 0 aliphatic rings. The number of anilines is 1. The second-order valence-corrected chi connectivity index (χ2v) is 5.97. The van der Waals surface area contributed by atoms with Gasteiger partial charge < -0.3 is 10.2 Å². The van der Waals surface area contributed by atoms with Crippen LogP contribution < -0.4 is 10.0 Å². The molecule has 7 heteroatoms. The summed E-state index contributed by atoms with van der Waals surface area (Å²) in [4.78, 5) is 6.33. The molecule has 1 heterocycles. The molecule has 0 bridgehead atoms. The highest BCUT2D eigenvalue weighted by atomic mass is 32.2. The Bertz CT molecular complexity index is 490. The maximum absolute atomic E-state index is 12.1. The summed E-state index contributed by atoms with van der Waals surface area (Å²) in [5.41, 5.74) is 0. The lowest BCUT2D eigenvalue weighted by atomic mass is 10.4. The Morgan fingerprint density at radius 1 is 1.37 bits per heavy atom. The van der Waals surface area contributed by atoms with Crippen molar-refractivity contribution in [1.82, 2.24) is 14.6 Å². The van der Waals surface area contributed by atoms with Crippen LogP contribution in [0, 0.1) is 0 Å². The summed E-state index contributed by atoms with van der Waals surface area (Å²) in [5.74, 6) is 0.566. The van der Waals surface area contributed by atoms with E-state index in [0.29, 0.717) is 25.5 Å². The largest absolute Gasteiger partial charge is 0.370 e. The van der Waals surface area contributed by atoms with Crippen molar-refractivity contribution in [3.8, 4) is 0 Å². The number of rotatable bonds is 8. The van der Waals surface area contributed by atoms with Gasteiger partial charge in [-0.25, -0.2) is 18.1 Å². The lowest BCUT2D eigenvalue weighted by Crippen LogP contribution is -2.32. The molecule has 0 unspecified atom stereocenters. The van der Waals surface area contributed by atoms with E-state index in [1.165, 1.54) is 18.3 Å². The summed E-state index contributed by atoms with van der Waals surface area (Å²) in [5, 5.41) is 2.99. The van der Waals surface area contributed by atoms with Crippen LogP contribution in [0.4, 0.5) is 5.82 Å². The maximum Gasteiger partial charge on any atom is 0.240 e. The van der Waals surface area contributed by atoms with Crippen molar-refractivity contribution in [2.45, 2.75) is 18.7 Å². The molecule has 0 radical (unpaired) electrons. The van der Waals surface area contributed by atoms with Gasteiger partial charge in [-0.2, -0.15) is 0 Å². The van der Waals surface area contributed by atoms with Gasteiger partial charge in [0, 0.05) is 31.9 Å². The van der Waals surface area contributed by atoms with Crippen molar-refractivity contribution in [1.29, 1.82) is 0 Å². The molecular formula is C12H22N4O2S. The van der Waals surface area contributed by atoms with Gasteiger partial charge in [-0.15, -0.1) is 0 Å². The predicted molar refractivity (Wildman–Crippen MR) is 76.8 cm³/mol. The van der Waals surface area contributed by atoms with Gasteiger partial charge in [0.1, 0.15) is 5.82 Å². The SMILES string of the molecule is CCNc1cc(S(=O)(=O)NCCN(C)CC)ccn1. The molecule has 0 aliphatic heterocycles. The Labute approximate surface area is 115 Å². The molecule has 0 aliphatic carbocycles. The van der Waals surface area contributed by atoms with E-state index in [4.69, 9.17) is 0 Å². The first-order valence-electron chi connectivity index (χ1n) is 6.37. The molecule has 0 spiro atoms. The topological polar surface area (TPSA) is 74.3 Å². The van der Waals surface area contributed by atoms with Crippen LogP contribution in [-0.2, 0) is 10.0 Å². The Hall–Kier alpha value is -1.18. The number of aromatic nitrogens is 1. The Balaban J connectivity index is 2.68. The van der Waals surface area contributed by atoms with E-state index in [9.17, 15) is 8.42 Å². The Morgan fingerprint density at radius 2 is 2.11 bits per heavy atom.